The average molecular weight is 244 g/mol. The molecule has 0 aliphatic heterocycles. The lowest BCUT2D eigenvalue weighted by Crippen LogP contribution is -2.12. The van der Waals surface area contributed by atoms with Crippen molar-refractivity contribution in [2.75, 3.05) is 0 Å². The van der Waals surface area contributed by atoms with Gasteiger partial charge in [-0.25, -0.2) is 4.98 Å². The first kappa shape index (κ1) is 11.1. The van der Waals surface area contributed by atoms with Gasteiger partial charge in [0, 0.05) is 11.5 Å². The van der Waals surface area contributed by atoms with Crippen LogP contribution < -0.4 is 5.73 Å². The van der Waals surface area contributed by atoms with Crippen LogP contribution in [0.3, 0.4) is 0 Å². The van der Waals surface area contributed by atoms with Crippen molar-refractivity contribution in [1.29, 1.82) is 0 Å². The summed E-state index contributed by atoms with van der Waals surface area (Å²) in [5.74, 6) is 1.75. The van der Waals surface area contributed by atoms with Crippen LogP contribution in [0.4, 0.5) is 0 Å². The maximum atomic E-state index is 8.68. The molecule has 1 heterocycles. The monoisotopic (exact) mass is 244 g/mol. The number of nitrogens with one attached hydrogen (secondary N) is 1. The Morgan fingerprint density at radius 2 is 2.17 bits per heavy atom. The third kappa shape index (κ3) is 1.81. The highest BCUT2D eigenvalue weighted by Crippen LogP contribution is 2.33. The number of rotatable bonds is 2. The summed E-state index contributed by atoms with van der Waals surface area (Å²) in [6, 6.07) is 5.59. The molecule has 1 aliphatic carbocycles. The molecule has 4 N–H and O–H groups in total. The zero-order valence-corrected chi connectivity index (χ0v) is 10.1. The lowest BCUT2D eigenvalue weighted by atomic mass is 10.1. The Morgan fingerprint density at radius 1 is 1.39 bits per heavy atom. The molecule has 1 aromatic carbocycles. The molecule has 1 fully saturated rings. The zero-order chi connectivity index (χ0) is 12.5. The number of benzene rings is 1. The van der Waals surface area contributed by atoms with E-state index in [0.717, 1.165) is 16.9 Å². The number of nitrogens with zero attached hydrogens (tertiary/aromatic N) is 2. The van der Waals surface area contributed by atoms with Crippen LogP contribution in [0.5, 0.6) is 0 Å². The number of imidazole rings is 1. The van der Waals surface area contributed by atoms with Crippen molar-refractivity contribution in [3.05, 3.63) is 29.6 Å². The van der Waals surface area contributed by atoms with E-state index < -0.39 is 0 Å². The highest BCUT2D eigenvalue weighted by atomic mass is 16.4. The number of H-pyrrole nitrogens is 1. The highest BCUT2D eigenvalue weighted by Gasteiger charge is 2.20. The second kappa shape index (κ2) is 4.33. The maximum absolute atomic E-state index is 8.68. The topological polar surface area (TPSA) is 87.3 Å². The lowest BCUT2D eigenvalue weighted by molar-refractivity contribution is 0.318. The number of nitrogens with two attached hydrogens (primary N) is 1. The van der Waals surface area contributed by atoms with Crippen LogP contribution in [0.25, 0.3) is 11.0 Å². The van der Waals surface area contributed by atoms with Gasteiger partial charge in [-0.1, -0.05) is 18.0 Å². The summed E-state index contributed by atoms with van der Waals surface area (Å²) in [5, 5.41) is 11.7. The van der Waals surface area contributed by atoms with Crippen molar-refractivity contribution in [2.24, 2.45) is 10.9 Å². The van der Waals surface area contributed by atoms with E-state index in [1.165, 1.54) is 25.7 Å². The smallest absolute Gasteiger partial charge is 0.170 e. The van der Waals surface area contributed by atoms with Gasteiger partial charge in [0.05, 0.1) is 11.0 Å². The normalized spacial score (nSPS) is 17.7. The molecule has 1 aliphatic rings. The Balaban J connectivity index is 2.01. The molecular formula is C13H16N4O. The number of aromatic nitrogens is 2. The summed E-state index contributed by atoms with van der Waals surface area (Å²) in [4.78, 5) is 7.98. The molecule has 0 unspecified atom stereocenters. The van der Waals surface area contributed by atoms with E-state index in [1.54, 1.807) is 0 Å². The van der Waals surface area contributed by atoms with Crippen LogP contribution in [0.1, 0.15) is 43.0 Å². The van der Waals surface area contributed by atoms with Gasteiger partial charge in [-0.3, -0.25) is 0 Å². The van der Waals surface area contributed by atoms with Crippen molar-refractivity contribution in [2.45, 2.75) is 31.6 Å². The number of amidine groups is 1. The quantitative estimate of drug-likeness (QED) is 0.328. The average Bonchev–Trinajstić information content (AvgIpc) is 3.04. The molecule has 1 saturated carbocycles. The maximum Gasteiger partial charge on any atom is 0.170 e. The van der Waals surface area contributed by atoms with Gasteiger partial charge in [-0.05, 0) is 31.0 Å². The van der Waals surface area contributed by atoms with Crippen LogP contribution in [-0.4, -0.2) is 21.0 Å². The van der Waals surface area contributed by atoms with Gasteiger partial charge in [0.25, 0.3) is 0 Å². The molecule has 0 saturated heterocycles. The summed E-state index contributed by atoms with van der Waals surface area (Å²) in [6.45, 7) is 0. The van der Waals surface area contributed by atoms with Crippen LogP contribution in [-0.2, 0) is 0 Å². The molecule has 0 bridgehead atoms. The van der Waals surface area contributed by atoms with Crippen molar-refractivity contribution >= 4 is 16.9 Å². The second-order valence-corrected chi connectivity index (χ2v) is 4.82. The summed E-state index contributed by atoms with van der Waals surface area (Å²) in [7, 11) is 0. The summed E-state index contributed by atoms with van der Waals surface area (Å²) in [5.41, 5.74) is 8.16. The SMILES string of the molecule is N/C(=N\O)c1ccc2nc(C3CCCC3)[nH]c2c1. The molecule has 1 aromatic heterocycles. The lowest BCUT2D eigenvalue weighted by Gasteiger charge is -2.02. The molecule has 3 rings (SSSR count). The van der Waals surface area contributed by atoms with E-state index in [2.05, 4.69) is 15.1 Å². The molecule has 0 radical (unpaired) electrons. The van der Waals surface area contributed by atoms with Gasteiger partial charge in [0.15, 0.2) is 5.84 Å². The van der Waals surface area contributed by atoms with Gasteiger partial charge >= 0.3 is 0 Å². The van der Waals surface area contributed by atoms with Gasteiger partial charge < -0.3 is 15.9 Å². The van der Waals surface area contributed by atoms with Crippen LogP contribution in [0.15, 0.2) is 23.4 Å². The molecule has 0 atom stereocenters. The Hall–Kier alpha value is -2.04. The second-order valence-electron chi connectivity index (χ2n) is 4.82. The van der Waals surface area contributed by atoms with Gasteiger partial charge in [-0.15, -0.1) is 0 Å². The Morgan fingerprint density at radius 3 is 2.89 bits per heavy atom. The minimum atomic E-state index is 0.119. The van der Waals surface area contributed by atoms with Crippen molar-refractivity contribution < 1.29 is 5.21 Å². The molecule has 5 heteroatoms. The Bertz CT molecular complexity index is 596. The highest BCUT2D eigenvalue weighted by molar-refractivity contribution is 5.99. The first-order valence-corrected chi connectivity index (χ1v) is 6.25. The summed E-state index contributed by atoms with van der Waals surface area (Å²) < 4.78 is 0. The van der Waals surface area contributed by atoms with Gasteiger partial charge in [0.2, 0.25) is 0 Å². The Labute approximate surface area is 105 Å². The van der Waals surface area contributed by atoms with E-state index in [-0.39, 0.29) is 5.84 Å². The number of aromatic amines is 1. The number of fused-ring (bicyclic) bond motifs is 1. The van der Waals surface area contributed by atoms with E-state index in [1.807, 2.05) is 18.2 Å². The fraction of sp³-hybridized carbons (Fsp3) is 0.385. The van der Waals surface area contributed by atoms with E-state index in [9.17, 15) is 0 Å². The van der Waals surface area contributed by atoms with Gasteiger partial charge in [-0.2, -0.15) is 0 Å². The third-order valence-electron chi connectivity index (χ3n) is 3.65. The summed E-state index contributed by atoms with van der Waals surface area (Å²) >= 11 is 0. The summed E-state index contributed by atoms with van der Waals surface area (Å²) in [6.07, 6.45) is 5.01. The first-order chi connectivity index (χ1) is 8.78. The molecule has 0 amide bonds. The number of hydrogen-bond acceptors (Lipinski definition) is 3. The molecule has 2 aromatic rings. The van der Waals surface area contributed by atoms with Crippen LogP contribution in [0, 0.1) is 0 Å². The molecule has 0 spiro atoms. The van der Waals surface area contributed by atoms with Gasteiger partial charge in [0.1, 0.15) is 5.82 Å². The Kier molecular flexibility index (Phi) is 2.66. The number of hydrogen-bond donors (Lipinski definition) is 3. The predicted octanol–water partition coefficient (Wildman–Crippen LogP) is 2.31. The fourth-order valence-corrected chi connectivity index (χ4v) is 2.64. The minimum absolute atomic E-state index is 0.119. The third-order valence-corrected chi connectivity index (χ3v) is 3.65. The van der Waals surface area contributed by atoms with Crippen LogP contribution in [0.2, 0.25) is 0 Å². The molecule has 18 heavy (non-hydrogen) atoms. The zero-order valence-electron chi connectivity index (χ0n) is 10.1. The minimum Gasteiger partial charge on any atom is -0.409 e. The van der Waals surface area contributed by atoms with Crippen molar-refractivity contribution in [1.82, 2.24) is 9.97 Å². The van der Waals surface area contributed by atoms with Crippen molar-refractivity contribution in [3.8, 4) is 0 Å². The van der Waals surface area contributed by atoms with E-state index in [0.29, 0.717) is 11.5 Å². The van der Waals surface area contributed by atoms with Crippen molar-refractivity contribution in [3.63, 3.8) is 0 Å². The standard InChI is InChI=1S/C13H16N4O/c14-12(17-18)9-5-6-10-11(7-9)16-13(15-10)8-3-1-2-4-8/h5-8,18H,1-4H2,(H2,14,17)(H,15,16). The van der Waals surface area contributed by atoms with E-state index >= 15 is 0 Å². The molecular weight excluding hydrogens is 228 g/mol. The van der Waals surface area contributed by atoms with Crippen LogP contribution >= 0.6 is 0 Å². The molecule has 5 nitrogen and oxygen atoms in total. The molecule has 94 valence electrons. The first-order valence-electron chi connectivity index (χ1n) is 6.25. The predicted molar refractivity (Wildman–Crippen MR) is 69.8 cm³/mol. The van der Waals surface area contributed by atoms with E-state index in [4.69, 9.17) is 10.9 Å². The fourth-order valence-electron chi connectivity index (χ4n) is 2.64. The number of oxime groups is 1. The largest absolute Gasteiger partial charge is 0.409 e.